The maximum absolute atomic E-state index is 12.2. The number of rotatable bonds is 8. The van der Waals surface area contributed by atoms with Gasteiger partial charge in [0.15, 0.2) is 0 Å². The molecular formula is C24H38O5. The number of hydrogen-bond acceptors (Lipinski definition) is 4. The average Bonchev–Trinajstić information content (AvgIpc) is 2.58. The zero-order valence-corrected chi connectivity index (χ0v) is 18.5. The van der Waals surface area contributed by atoms with Crippen molar-refractivity contribution in [2.75, 3.05) is 0 Å². The van der Waals surface area contributed by atoms with Crippen molar-refractivity contribution in [3.63, 3.8) is 0 Å². The Bertz CT molecular complexity index is 662. The number of aliphatic carboxylic acids is 1. The number of carbonyl (C=O) groups excluding carboxylic acids is 1. The van der Waals surface area contributed by atoms with E-state index < -0.39 is 17.5 Å². The Balaban J connectivity index is 2.21. The summed E-state index contributed by atoms with van der Waals surface area (Å²) in [6, 6.07) is 0. The zero-order chi connectivity index (χ0) is 22.0. The molecule has 2 aliphatic carbocycles. The minimum absolute atomic E-state index is 0.00461. The van der Waals surface area contributed by atoms with Crippen LogP contribution in [0.3, 0.4) is 0 Å². The number of allylic oxidation sites excluding steroid dienone is 1. The molecule has 2 aliphatic rings. The molecule has 0 bridgehead atoms. The van der Waals surface area contributed by atoms with Crippen LogP contribution in [0.5, 0.6) is 0 Å². The second-order valence-electron chi connectivity index (χ2n) is 10.3. The van der Waals surface area contributed by atoms with Gasteiger partial charge in [-0.05, 0) is 68.1 Å². The average molecular weight is 407 g/mol. The van der Waals surface area contributed by atoms with Gasteiger partial charge in [0.1, 0.15) is 6.10 Å². The van der Waals surface area contributed by atoms with E-state index in [9.17, 15) is 14.7 Å². The summed E-state index contributed by atoms with van der Waals surface area (Å²) in [5, 5.41) is 19.2. The summed E-state index contributed by atoms with van der Waals surface area (Å²) in [6.07, 6.45) is 6.12. The summed E-state index contributed by atoms with van der Waals surface area (Å²) in [5.41, 5.74) is 0.241. The molecule has 164 valence electrons. The Morgan fingerprint density at radius 3 is 2.52 bits per heavy atom. The Hall–Kier alpha value is -1.62. The van der Waals surface area contributed by atoms with Crippen molar-refractivity contribution in [1.82, 2.24) is 0 Å². The molecule has 0 radical (unpaired) electrons. The monoisotopic (exact) mass is 406 g/mol. The molecule has 0 aliphatic heterocycles. The molecule has 0 heterocycles. The van der Waals surface area contributed by atoms with E-state index in [2.05, 4.69) is 33.9 Å². The Kier molecular flexibility index (Phi) is 7.04. The zero-order valence-electron chi connectivity index (χ0n) is 18.5. The van der Waals surface area contributed by atoms with E-state index in [1.165, 1.54) is 5.57 Å². The van der Waals surface area contributed by atoms with Crippen LogP contribution in [0.25, 0.3) is 0 Å². The molecule has 0 spiro atoms. The molecular weight excluding hydrogens is 368 g/mol. The number of carboxylic acid groups (broad SMARTS) is 1. The quantitative estimate of drug-likeness (QED) is 0.443. The van der Waals surface area contributed by atoms with E-state index in [0.717, 1.165) is 32.1 Å². The summed E-state index contributed by atoms with van der Waals surface area (Å²) in [6.45, 7) is 16.7. The predicted octanol–water partition coefficient (Wildman–Crippen LogP) is 4.89. The van der Waals surface area contributed by atoms with E-state index in [-0.39, 0.29) is 35.7 Å². The molecule has 2 N–H and O–H groups in total. The number of hydrogen-bond donors (Lipinski definition) is 2. The van der Waals surface area contributed by atoms with Gasteiger partial charge < -0.3 is 14.9 Å². The van der Waals surface area contributed by atoms with E-state index in [1.54, 1.807) is 13.0 Å². The van der Waals surface area contributed by atoms with Gasteiger partial charge in [-0.15, -0.1) is 6.58 Å². The molecule has 0 aromatic heterocycles. The van der Waals surface area contributed by atoms with Crippen LogP contribution in [0.2, 0.25) is 0 Å². The van der Waals surface area contributed by atoms with Crippen LogP contribution in [-0.2, 0) is 14.3 Å². The van der Waals surface area contributed by atoms with Crippen LogP contribution >= 0.6 is 0 Å². The molecule has 0 aromatic carbocycles. The molecule has 5 nitrogen and oxygen atoms in total. The van der Waals surface area contributed by atoms with Gasteiger partial charge in [-0.2, -0.15) is 0 Å². The predicted molar refractivity (Wildman–Crippen MR) is 113 cm³/mol. The van der Waals surface area contributed by atoms with Gasteiger partial charge in [0.2, 0.25) is 0 Å². The SMILES string of the molecule is C=C[C@](C)(O)CC[C@@H]1C(=C)CC[C@@H]2C(C)(C)C[C@H](OC(=O)CCC(=O)O)C[C@@]12C. The molecule has 2 fully saturated rings. The van der Waals surface area contributed by atoms with Gasteiger partial charge in [-0.25, -0.2) is 0 Å². The lowest BCUT2D eigenvalue weighted by Crippen LogP contribution is -2.54. The number of fused-ring (bicyclic) bond motifs is 1. The molecule has 0 aromatic rings. The summed E-state index contributed by atoms with van der Waals surface area (Å²) in [4.78, 5) is 22.9. The van der Waals surface area contributed by atoms with Gasteiger partial charge in [0.25, 0.3) is 0 Å². The van der Waals surface area contributed by atoms with Crippen molar-refractivity contribution in [2.45, 2.75) is 90.8 Å². The van der Waals surface area contributed by atoms with Crippen molar-refractivity contribution in [3.05, 3.63) is 24.8 Å². The third-order valence-electron chi connectivity index (χ3n) is 7.42. The van der Waals surface area contributed by atoms with Gasteiger partial charge in [-0.1, -0.05) is 39.0 Å². The highest BCUT2D eigenvalue weighted by atomic mass is 16.5. The molecule has 2 rings (SSSR count). The fourth-order valence-electron chi connectivity index (χ4n) is 6.01. The van der Waals surface area contributed by atoms with Crippen molar-refractivity contribution >= 4 is 11.9 Å². The van der Waals surface area contributed by atoms with Gasteiger partial charge in [0, 0.05) is 0 Å². The number of esters is 1. The normalized spacial score (nSPS) is 33.3. The van der Waals surface area contributed by atoms with Gasteiger partial charge in [0.05, 0.1) is 18.4 Å². The first-order chi connectivity index (χ1) is 13.3. The van der Waals surface area contributed by atoms with Crippen LogP contribution < -0.4 is 0 Å². The van der Waals surface area contributed by atoms with E-state index in [0.29, 0.717) is 12.3 Å². The lowest BCUT2D eigenvalue weighted by atomic mass is 9.46. The highest BCUT2D eigenvalue weighted by molar-refractivity contribution is 5.76. The first-order valence-corrected chi connectivity index (χ1v) is 10.8. The molecule has 0 amide bonds. The summed E-state index contributed by atoms with van der Waals surface area (Å²) >= 11 is 0. The largest absolute Gasteiger partial charge is 0.481 e. The first kappa shape index (κ1) is 23.7. The van der Waals surface area contributed by atoms with Crippen molar-refractivity contribution in [2.24, 2.45) is 22.7 Å². The van der Waals surface area contributed by atoms with Crippen LogP contribution in [0.15, 0.2) is 24.8 Å². The lowest BCUT2D eigenvalue weighted by molar-refractivity contribution is -0.167. The fourth-order valence-corrected chi connectivity index (χ4v) is 6.01. The second kappa shape index (κ2) is 8.63. The third-order valence-corrected chi connectivity index (χ3v) is 7.42. The standard InChI is InChI=1S/C24H38O5/c1-7-23(5,28)13-12-18-16(2)8-9-19-22(3,4)14-17(15-24(18,19)6)29-21(27)11-10-20(25)26/h7,17-19,28H,1-2,8-15H2,3-6H3,(H,25,26)/t17-,18+,19+,23-,24-/m0/s1. The molecule has 5 atom stereocenters. The number of ether oxygens (including phenoxy) is 1. The maximum atomic E-state index is 12.2. The smallest absolute Gasteiger partial charge is 0.306 e. The van der Waals surface area contributed by atoms with Crippen LogP contribution in [-0.4, -0.2) is 33.9 Å². The van der Waals surface area contributed by atoms with Crippen molar-refractivity contribution in [3.8, 4) is 0 Å². The highest BCUT2D eigenvalue weighted by Gasteiger charge is 2.56. The Morgan fingerprint density at radius 1 is 1.28 bits per heavy atom. The topological polar surface area (TPSA) is 83.8 Å². The Morgan fingerprint density at radius 2 is 1.93 bits per heavy atom. The van der Waals surface area contributed by atoms with Gasteiger partial charge in [-0.3, -0.25) is 9.59 Å². The first-order valence-electron chi connectivity index (χ1n) is 10.8. The molecule has 5 heteroatoms. The minimum Gasteiger partial charge on any atom is -0.481 e. The van der Waals surface area contributed by atoms with Crippen LogP contribution in [0.1, 0.15) is 79.1 Å². The summed E-state index contributed by atoms with van der Waals surface area (Å²) in [5.74, 6) is -0.701. The third kappa shape index (κ3) is 5.50. The van der Waals surface area contributed by atoms with E-state index >= 15 is 0 Å². The fraction of sp³-hybridized carbons (Fsp3) is 0.750. The minimum atomic E-state index is -0.990. The lowest BCUT2D eigenvalue weighted by Gasteiger charge is -2.59. The second-order valence-corrected chi connectivity index (χ2v) is 10.3. The highest BCUT2D eigenvalue weighted by Crippen LogP contribution is 2.62. The van der Waals surface area contributed by atoms with Crippen LogP contribution in [0.4, 0.5) is 0 Å². The maximum Gasteiger partial charge on any atom is 0.306 e. The number of carbonyl (C=O) groups is 2. The van der Waals surface area contributed by atoms with Crippen molar-refractivity contribution < 1.29 is 24.5 Å². The van der Waals surface area contributed by atoms with E-state index in [1.807, 2.05) is 0 Å². The molecule has 0 unspecified atom stereocenters. The van der Waals surface area contributed by atoms with E-state index in [4.69, 9.17) is 9.84 Å². The molecule has 2 saturated carbocycles. The number of aliphatic hydroxyl groups is 1. The molecule has 29 heavy (non-hydrogen) atoms. The summed E-state index contributed by atoms with van der Waals surface area (Å²) in [7, 11) is 0. The Labute approximate surface area is 175 Å². The number of carboxylic acids is 1. The van der Waals surface area contributed by atoms with Crippen molar-refractivity contribution in [1.29, 1.82) is 0 Å². The molecule has 0 saturated heterocycles. The summed E-state index contributed by atoms with van der Waals surface area (Å²) < 4.78 is 5.74. The van der Waals surface area contributed by atoms with Gasteiger partial charge >= 0.3 is 11.9 Å². The van der Waals surface area contributed by atoms with Crippen LogP contribution in [0, 0.1) is 22.7 Å².